The van der Waals surface area contributed by atoms with E-state index in [9.17, 15) is 19.5 Å². The molecule has 1 aliphatic rings. The van der Waals surface area contributed by atoms with Crippen molar-refractivity contribution >= 4 is 36.0 Å². The van der Waals surface area contributed by atoms with Gasteiger partial charge in [0, 0.05) is 12.6 Å². The molecule has 1 fully saturated rings. The van der Waals surface area contributed by atoms with E-state index in [1.54, 1.807) is 6.20 Å². The van der Waals surface area contributed by atoms with Crippen molar-refractivity contribution in [1.29, 1.82) is 0 Å². The lowest BCUT2D eigenvalue weighted by Gasteiger charge is -2.32. The minimum absolute atomic E-state index is 0.0544. The van der Waals surface area contributed by atoms with Crippen molar-refractivity contribution in [2.24, 2.45) is 5.92 Å². The first-order chi connectivity index (χ1) is 17.2. The second-order valence-corrected chi connectivity index (χ2v) is 9.91. The first-order valence-corrected chi connectivity index (χ1v) is 13.1. The number of hydrogen-bond acceptors (Lipinski definition) is 5. The maximum atomic E-state index is 13.3. The molecule has 1 saturated carbocycles. The number of nitrogens with zero attached hydrogens (tertiary/aromatic N) is 1. The number of carboxylic acids is 1. The number of carboxylic acid groups (broad SMARTS) is 1. The molecule has 2 rings (SSSR count). The lowest BCUT2D eigenvalue weighted by Crippen LogP contribution is -2.61. The van der Waals surface area contributed by atoms with Crippen molar-refractivity contribution in [2.75, 3.05) is 0 Å². The van der Waals surface area contributed by atoms with E-state index in [4.69, 9.17) is 0 Å². The Kier molecular flexibility index (Phi) is 11.4. The summed E-state index contributed by atoms with van der Waals surface area (Å²) in [5, 5.41) is 14.9. The zero-order valence-electron chi connectivity index (χ0n) is 21.7. The summed E-state index contributed by atoms with van der Waals surface area (Å²) < 4.78 is 0. The van der Waals surface area contributed by atoms with Gasteiger partial charge in [0.25, 0.3) is 0 Å². The molecule has 8 heteroatoms. The van der Waals surface area contributed by atoms with Crippen LogP contribution >= 0.6 is 12.6 Å². The van der Waals surface area contributed by atoms with Gasteiger partial charge < -0.3 is 15.7 Å². The van der Waals surface area contributed by atoms with Crippen LogP contribution in [0, 0.1) is 5.92 Å². The minimum Gasteiger partial charge on any atom is -0.480 e. The highest BCUT2D eigenvalue weighted by Gasteiger charge is 2.44. The van der Waals surface area contributed by atoms with Crippen LogP contribution in [0.3, 0.4) is 0 Å². The highest BCUT2D eigenvalue weighted by atomic mass is 32.1. The van der Waals surface area contributed by atoms with E-state index in [-0.39, 0.29) is 18.2 Å². The van der Waals surface area contributed by atoms with Gasteiger partial charge >= 0.3 is 5.97 Å². The largest absolute Gasteiger partial charge is 0.480 e. The van der Waals surface area contributed by atoms with Gasteiger partial charge in [0.05, 0.1) is 10.9 Å². The summed E-state index contributed by atoms with van der Waals surface area (Å²) in [5.74, 6) is -1.83. The smallest absolute Gasteiger partial charge is 0.326 e. The number of carbonyl (C=O) groups is 3. The summed E-state index contributed by atoms with van der Waals surface area (Å²) in [5.41, 5.74) is 1.30. The van der Waals surface area contributed by atoms with E-state index in [1.165, 1.54) is 0 Å². The standard InChI is InChI=1S/C28H39N3O4S/c1-5-8-9-12-21(7-3)22-14-13-20(18-29-22)17-23(26(33)34)30-27(35)28(15-10-11-16-28)31-25(32)24(36)19(4)6-2/h5,7-9,12-14,18-19,23-24,36H,6,10-11,15-17H2,1-4H3,(H,30,35)(H,31,32)(H,33,34)/b8-5-,12-9-,21-7+. The van der Waals surface area contributed by atoms with E-state index >= 15 is 0 Å². The van der Waals surface area contributed by atoms with Crippen LogP contribution in [0.5, 0.6) is 0 Å². The number of nitrogens with one attached hydrogen (secondary N) is 2. The average Bonchev–Trinajstić information content (AvgIpc) is 3.35. The second-order valence-electron chi connectivity index (χ2n) is 9.36. The molecular weight excluding hydrogens is 474 g/mol. The molecule has 36 heavy (non-hydrogen) atoms. The zero-order valence-corrected chi connectivity index (χ0v) is 22.6. The summed E-state index contributed by atoms with van der Waals surface area (Å²) in [6, 6.07) is 2.52. The number of amides is 2. The van der Waals surface area contributed by atoms with Crippen LogP contribution in [0.15, 0.2) is 48.7 Å². The van der Waals surface area contributed by atoms with Gasteiger partial charge in [-0.1, -0.05) is 69.6 Å². The third kappa shape index (κ3) is 7.82. The van der Waals surface area contributed by atoms with Crippen LogP contribution in [0.25, 0.3) is 5.57 Å². The van der Waals surface area contributed by atoms with Crippen LogP contribution in [0.4, 0.5) is 0 Å². The Hall–Kier alpha value is -2.87. The predicted octanol–water partition coefficient (Wildman–Crippen LogP) is 4.50. The molecule has 1 aliphatic carbocycles. The lowest BCUT2D eigenvalue weighted by atomic mass is 9.93. The lowest BCUT2D eigenvalue weighted by molar-refractivity contribution is -0.143. The number of thiol groups is 1. The normalized spacial score (nSPS) is 18.2. The summed E-state index contributed by atoms with van der Waals surface area (Å²) in [6.45, 7) is 7.79. The SMILES string of the molecule is C\C=C/C=C\C(=C/C)c1ccc(CC(NC(=O)C2(NC(=O)C(S)C(C)CC)CCCC2)C(=O)O)cn1. The molecule has 0 aromatic carbocycles. The molecule has 3 unspecified atom stereocenters. The van der Waals surface area contributed by atoms with Crippen LogP contribution in [-0.2, 0) is 20.8 Å². The molecule has 3 atom stereocenters. The van der Waals surface area contributed by atoms with Gasteiger partial charge in [-0.15, -0.1) is 0 Å². The fraction of sp³-hybridized carbons (Fsp3) is 0.500. The maximum absolute atomic E-state index is 13.3. The molecule has 1 aromatic heterocycles. The number of allylic oxidation sites excluding steroid dienone is 6. The van der Waals surface area contributed by atoms with Crippen molar-refractivity contribution in [3.63, 3.8) is 0 Å². The summed E-state index contributed by atoms with van der Waals surface area (Å²) in [4.78, 5) is 42.6. The molecule has 7 nitrogen and oxygen atoms in total. The van der Waals surface area contributed by atoms with E-state index in [2.05, 4.69) is 28.2 Å². The van der Waals surface area contributed by atoms with Gasteiger partial charge in [-0.25, -0.2) is 4.79 Å². The highest BCUT2D eigenvalue weighted by Crippen LogP contribution is 2.31. The van der Waals surface area contributed by atoms with Gasteiger partial charge in [-0.2, -0.15) is 12.6 Å². The third-order valence-corrected chi connectivity index (χ3v) is 7.50. The average molecular weight is 514 g/mol. The van der Waals surface area contributed by atoms with Gasteiger partial charge in [-0.05, 0) is 49.8 Å². The minimum atomic E-state index is -1.14. The van der Waals surface area contributed by atoms with E-state index in [0.717, 1.165) is 30.5 Å². The molecule has 1 aromatic rings. The first-order valence-electron chi connectivity index (χ1n) is 12.6. The fourth-order valence-electron chi connectivity index (χ4n) is 4.23. The Labute approximate surface area is 220 Å². The number of carbonyl (C=O) groups excluding carboxylic acids is 2. The molecule has 1 heterocycles. The molecular formula is C28H39N3O4S. The molecule has 0 bridgehead atoms. The molecule has 0 spiro atoms. The monoisotopic (exact) mass is 513 g/mol. The quantitative estimate of drug-likeness (QED) is 0.243. The zero-order chi connectivity index (χ0) is 26.7. The predicted molar refractivity (Wildman–Crippen MR) is 147 cm³/mol. The number of pyridine rings is 1. The van der Waals surface area contributed by atoms with Crippen molar-refractivity contribution in [2.45, 2.75) is 83.1 Å². The van der Waals surface area contributed by atoms with Crippen LogP contribution < -0.4 is 10.6 Å². The molecule has 0 saturated heterocycles. The van der Waals surface area contributed by atoms with Gasteiger partial charge in [0.1, 0.15) is 11.6 Å². The maximum Gasteiger partial charge on any atom is 0.326 e. The Morgan fingerprint density at radius 2 is 1.89 bits per heavy atom. The fourth-order valence-corrected chi connectivity index (χ4v) is 4.50. The Morgan fingerprint density at radius 3 is 2.42 bits per heavy atom. The van der Waals surface area contributed by atoms with Gasteiger partial charge in [0.2, 0.25) is 11.8 Å². The van der Waals surface area contributed by atoms with Gasteiger partial charge in [0.15, 0.2) is 0 Å². The Morgan fingerprint density at radius 1 is 1.19 bits per heavy atom. The molecule has 0 radical (unpaired) electrons. The Balaban J connectivity index is 2.14. The number of hydrogen-bond donors (Lipinski definition) is 4. The Bertz CT molecular complexity index is 995. The van der Waals surface area contributed by atoms with Crippen LogP contribution in [-0.4, -0.2) is 44.7 Å². The van der Waals surface area contributed by atoms with E-state index < -0.39 is 28.7 Å². The van der Waals surface area contributed by atoms with E-state index in [0.29, 0.717) is 18.4 Å². The molecule has 196 valence electrons. The van der Waals surface area contributed by atoms with Gasteiger partial charge in [-0.3, -0.25) is 14.6 Å². The van der Waals surface area contributed by atoms with Crippen molar-refractivity contribution in [3.8, 4) is 0 Å². The molecule has 3 N–H and O–H groups in total. The molecule has 0 aliphatic heterocycles. The second kappa shape index (κ2) is 14.0. The van der Waals surface area contributed by atoms with Crippen molar-refractivity contribution < 1.29 is 19.5 Å². The summed E-state index contributed by atoms with van der Waals surface area (Å²) in [7, 11) is 0. The van der Waals surface area contributed by atoms with Crippen molar-refractivity contribution in [3.05, 3.63) is 60.0 Å². The van der Waals surface area contributed by atoms with E-state index in [1.807, 2.05) is 70.2 Å². The molecule has 2 amide bonds. The van der Waals surface area contributed by atoms with Crippen LogP contribution in [0.2, 0.25) is 0 Å². The number of aromatic nitrogens is 1. The summed E-state index contributed by atoms with van der Waals surface area (Å²) >= 11 is 4.44. The number of aliphatic carboxylic acids is 1. The first kappa shape index (κ1) is 29.4. The van der Waals surface area contributed by atoms with Crippen LogP contribution in [0.1, 0.15) is 71.1 Å². The highest BCUT2D eigenvalue weighted by molar-refractivity contribution is 7.81. The topological polar surface area (TPSA) is 108 Å². The van der Waals surface area contributed by atoms with Crippen molar-refractivity contribution in [1.82, 2.24) is 15.6 Å². The number of rotatable bonds is 12. The summed E-state index contributed by atoms with van der Waals surface area (Å²) in [6.07, 6.45) is 14.7. The third-order valence-electron chi connectivity index (χ3n) is 6.76.